The fraction of sp³-hybridized carbons (Fsp3) is 0.667. The lowest BCUT2D eigenvalue weighted by Crippen LogP contribution is -2.38. The quantitative estimate of drug-likeness (QED) is 0.922. The lowest BCUT2D eigenvalue weighted by molar-refractivity contribution is 0.188. The van der Waals surface area contributed by atoms with Crippen LogP contribution in [0.1, 0.15) is 38.8 Å². The van der Waals surface area contributed by atoms with E-state index in [4.69, 9.17) is 5.73 Å². The van der Waals surface area contributed by atoms with E-state index in [-0.39, 0.29) is 0 Å². The molecule has 0 spiro atoms. The molecule has 0 aliphatic heterocycles. The van der Waals surface area contributed by atoms with Gasteiger partial charge in [-0.05, 0) is 71.5 Å². The molecule has 0 saturated heterocycles. The highest BCUT2D eigenvalue weighted by Gasteiger charge is 2.29. The van der Waals surface area contributed by atoms with Crippen molar-refractivity contribution in [2.24, 2.45) is 23.5 Å². The Morgan fingerprint density at radius 2 is 2.17 bits per heavy atom. The molecule has 1 aromatic heterocycles. The van der Waals surface area contributed by atoms with Gasteiger partial charge in [-0.25, -0.2) is 0 Å². The van der Waals surface area contributed by atoms with Crippen molar-refractivity contribution in [3.63, 3.8) is 0 Å². The molecular formula is C15H23BrN2. The summed E-state index contributed by atoms with van der Waals surface area (Å²) in [5.74, 6) is 2.21. The molecule has 1 aromatic rings. The van der Waals surface area contributed by atoms with Crippen LogP contribution in [0.25, 0.3) is 0 Å². The molecule has 2 nitrogen and oxygen atoms in total. The maximum absolute atomic E-state index is 6.28. The van der Waals surface area contributed by atoms with Gasteiger partial charge in [-0.15, -0.1) is 0 Å². The van der Waals surface area contributed by atoms with Crippen LogP contribution in [-0.4, -0.2) is 11.0 Å². The number of hydrogen-bond donors (Lipinski definition) is 1. The Labute approximate surface area is 119 Å². The molecule has 0 amide bonds. The maximum Gasteiger partial charge on any atom is 0.0413 e. The summed E-state index contributed by atoms with van der Waals surface area (Å²) in [6, 6.07) is 4.53. The summed E-state index contributed by atoms with van der Waals surface area (Å²) in [7, 11) is 0. The summed E-state index contributed by atoms with van der Waals surface area (Å²) in [6.45, 7) is 4.66. The van der Waals surface area contributed by atoms with Crippen LogP contribution in [0, 0.1) is 17.8 Å². The Morgan fingerprint density at radius 3 is 2.78 bits per heavy atom. The van der Waals surface area contributed by atoms with Gasteiger partial charge in [0.1, 0.15) is 0 Å². The van der Waals surface area contributed by atoms with Crippen LogP contribution < -0.4 is 5.73 Å². The van der Waals surface area contributed by atoms with Gasteiger partial charge in [0.05, 0.1) is 0 Å². The van der Waals surface area contributed by atoms with Crippen LogP contribution in [0.5, 0.6) is 0 Å². The van der Waals surface area contributed by atoms with E-state index in [0.717, 1.165) is 22.7 Å². The van der Waals surface area contributed by atoms with Crippen LogP contribution in [0.4, 0.5) is 0 Å². The highest BCUT2D eigenvalue weighted by Crippen LogP contribution is 2.34. The minimum atomic E-state index is 0.352. The monoisotopic (exact) mass is 310 g/mol. The Morgan fingerprint density at radius 1 is 1.39 bits per heavy atom. The van der Waals surface area contributed by atoms with E-state index in [2.05, 4.69) is 46.9 Å². The first-order chi connectivity index (χ1) is 8.56. The average Bonchev–Trinajstić information content (AvgIpc) is 2.34. The predicted octanol–water partition coefficient (Wildman–Crippen LogP) is 3.79. The highest BCUT2D eigenvalue weighted by atomic mass is 79.9. The zero-order valence-corrected chi connectivity index (χ0v) is 12.9. The molecule has 0 bridgehead atoms. The van der Waals surface area contributed by atoms with Crippen LogP contribution in [0.2, 0.25) is 0 Å². The number of aromatic nitrogens is 1. The molecule has 0 radical (unpaired) electrons. The number of pyridine rings is 1. The molecule has 1 fully saturated rings. The summed E-state index contributed by atoms with van der Waals surface area (Å²) in [4.78, 5) is 4.47. The molecule has 3 heteroatoms. The van der Waals surface area contributed by atoms with Crippen molar-refractivity contribution in [2.45, 2.75) is 45.6 Å². The van der Waals surface area contributed by atoms with E-state index in [9.17, 15) is 0 Å². The van der Waals surface area contributed by atoms with Crippen LogP contribution in [0.15, 0.2) is 22.8 Å². The zero-order chi connectivity index (χ0) is 13.1. The van der Waals surface area contributed by atoms with Gasteiger partial charge in [0, 0.05) is 22.4 Å². The highest BCUT2D eigenvalue weighted by molar-refractivity contribution is 9.10. The largest absolute Gasteiger partial charge is 0.327 e. The molecule has 0 aromatic carbocycles. The summed E-state index contributed by atoms with van der Waals surface area (Å²) in [5.41, 5.74) is 7.45. The average molecular weight is 311 g/mol. The van der Waals surface area contributed by atoms with Gasteiger partial charge in [-0.1, -0.05) is 13.8 Å². The first-order valence-corrected chi connectivity index (χ1v) is 7.71. The molecule has 18 heavy (non-hydrogen) atoms. The van der Waals surface area contributed by atoms with Gasteiger partial charge in [-0.2, -0.15) is 0 Å². The lowest BCUT2D eigenvalue weighted by atomic mass is 9.72. The second-order valence-electron chi connectivity index (χ2n) is 5.91. The normalized spacial score (nSPS) is 28.6. The molecule has 1 heterocycles. The Balaban J connectivity index is 2.00. The smallest absolute Gasteiger partial charge is 0.0413 e. The molecule has 1 saturated carbocycles. The van der Waals surface area contributed by atoms with E-state index >= 15 is 0 Å². The summed E-state index contributed by atoms with van der Waals surface area (Å²) >= 11 is 3.42. The second kappa shape index (κ2) is 6.16. The number of rotatable bonds is 3. The van der Waals surface area contributed by atoms with Gasteiger partial charge >= 0.3 is 0 Å². The molecule has 2 rings (SSSR count). The third-order valence-electron chi connectivity index (χ3n) is 4.28. The van der Waals surface area contributed by atoms with Gasteiger partial charge in [0.15, 0.2) is 0 Å². The van der Waals surface area contributed by atoms with Crippen LogP contribution in [0.3, 0.4) is 0 Å². The fourth-order valence-electron chi connectivity index (χ4n) is 2.96. The van der Waals surface area contributed by atoms with E-state index < -0.39 is 0 Å². The van der Waals surface area contributed by atoms with Gasteiger partial charge in [0.2, 0.25) is 0 Å². The molecule has 100 valence electrons. The Kier molecular flexibility index (Phi) is 4.79. The van der Waals surface area contributed by atoms with Gasteiger partial charge in [-0.3, -0.25) is 4.98 Å². The maximum atomic E-state index is 6.28. The second-order valence-corrected chi connectivity index (χ2v) is 6.83. The van der Waals surface area contributed by atoms with Crippen molar-refractivity contribution in [3.8, 4) is 0 Å². The first-order valence-electron chi connectivity index (χ1n) is 6.92. The standard InChI is InChI=1S/C15H23BrN2/c1-10(2)11-3-6-15(17)12(7-11)8-14-5-4-13(16)9-18-14/h4-5,9-12,15H,3,6-8,17H2,1-2H3. The van der Waals surface area contributed by atoms with Crippen LogP contribution in [-0.2, 0) is 6.42 Å². The molecule has 2 N–H and O–H groups in total. The molecule has 1 aliphatic rings. The van der Waals surface area contributed by atoms with Crippen molar-refractivity contribution in [2.75, 3.05) is 0 Å². The van der Waals surface area contributed by atoms with Crippen molar-refractivity contribution >= 4 is 15.9 Å². The van der Waals surface area contributed by atoms with E-state index in [1.54, 1.807) is 0 Å². The third-order valence-corrected chi connectivity index (χ3v) is 4.75. The zero-order valence-electron chi connectivity index (χ0n) is 11.3. The Bertz CT molecular complexity index is 375. The predicted molar refractivity (Wildman–Crippen MR) is 79.3 cm³/mol. The Hall–Kier alpha value is -0.410. The van der Waals surface area contributed by atoms with E-state index in [0.29, 0.717) is 12.0 Å². The van der Waals surface area contributed by atoms with Gasteiger partial charge in [0.25, 0.3) is 0 Å². The van der Waals surface area contributed by atoms with Crippen LogP contribution >= 0.6 is 15.9 Å². The SMILES string of the molecule is CC(C)C1CCC(N)C(Cc2ccc(Br)cn2)C1. The lowest BCUT2D eigenvalue weighted by Gasteiger charge is -2.36. The summed E-state index contributed by atoms with van der Waals surface area (Å²) in [6.07, 6.45) is 6.63. The van der Waals surface area contributed by atoms with E-state index in [1.807, 2.05) is 6.20 Å². The van der Waals surface area contributed by atoms with Crippen molar-refractivity contribution in [3.05, 3.63) is 28.5 Å². The molecule has 1 aliphatic carbocycles. The molecule has 3 unspecified atom stereocenters. The summed E-state index contributed by atoms with van der Waals surface area (Å²) in [5, 5.41) is 0. The van der Waals surface area contributed by atoms with Crippen molar-refractivity contribution < 1.29 is 0 Å². The molecule has 3 atom stereocenters. The number of nitrogens with zero attached hydrogens (tertiary/aromatic N) is 1. The minimum absolute atomic E-state index is 0.352. The number of nitrogens with two attached hydrogens (primary N) is 1. The van der Waals surface area contributed by atoms with Crippen molar-refractivity contribution in [1.29, 1.82) is 0 Å². The van der Waals surface area contributed by atoms with E-state index in [1.165, 1.54) is 25.0 Å². The van der Waals surface area contributed by atoms with Crippen molar-refractivity contribution in [1.82, 2.24) is 4.98 Å². The number of halogens is 1. The fourth-order valence-corrected chi connectivity index (χ4v) is 3.19. The van der Waals surface area contributed by atoms with Gasteiger partial charge < -0.3 is 5.73 Å². The first kappa shape index (κ1) is 14.0. The topological polar surface area (TPSA) is 38.9 Å². The summed E-state index contributed by atoms with van der Waals surface area (Å²) < 4.78 is 1.04. The third kappa shape index (κ3) is 3.55. The molecular weight excluding hydrogens is 288 g/mol. The minimum Gasteiger partial charge on any atom is -0.327 e. The number of hydrogen-bond acceptors (Lipinski definition) is 2.